The van der Waals surface area contributed by atoms with Gasteiger partial charge < -0.3 is 10.6 Å². The van der Waals surface area contributed by atoms with E-state index in [1.165, 1.54) is 18.2 Å². The Morgan fingerprint density at radius 3 is 2.09 bits per heavy atom. The molecule has 0 amide bonds. The molecule has 0 atom stereocenters. The largest absolute Gasteiger partial charge is 0.416 e. The molecule has 8 heteroatoms. The highest BCUT2D eigenvalue weighted by atomic mass is 32.1. The Morgan fingerprint density at radius 2 is 1.50 bits per heavy atom. The summed E-state index contributed by atoms with van der Waals surface area (Å²) in [5.41, 5.74) is -0.536. The molecule has 2 N–H and O–H groups in total. The molecule has 116 valence electrons. The molecular formula is C14H9F5N2S. The van der Waals surface area contributed by atoms with Crippen molar-refractivity contribution in [2.75, 3.05) is 10.6 Å². The summed E-state index contributed by atoms with van der Waals surface area (Å²) in [6.45, 7) is 0. The van der Waals surface area contributed by atoms with E-state index in [2.05, 4.69) is 10.6 Å². The fourth-order valence-corrected chi connectivity index (χ4v) is 1.88. The van der Waals surface area contributed by atoms with Gasteiger partial charge in [0.2, 0.25) is 0 Å². The molecule has 0 fully saturated rings. The summed E-state index contributed by atoms with van der Waals surface area (Å²) in [6, 6.07) is 7.48. The Morgan fingerprint density at radius 1 is 0.864 bits per heavy atom. The lowest BCUT2D eigenvalue weighted by Gasteiger charge is -2.12. The second kappa shape index (κ2) is 6.27. The van der Waals surface area contributed by atoms with Crippen LogP contribution in [0.15, 0.2) is 42.5 Å². The minimum atomic E-state index is -4.47. The van der Waals surface area contributed by atoms with Crippen LogP contribution in [-0.4, -0.2) is 5.11 Å². The van der Waals surface area contributed by atoms with Crippen molar-refractivity contribution < 1.29 is 22.0 Å². The van der Waals surface area contributed by atoms with Gasteiger partial charge in [-0.1, -0.05) is 6.07 Å². The minimum Gasteiger partial charge on any atom is -0.332 e. The molecule has 0 saturated heterocycles. The van der Waals surface area contributed by atoms with E-state index in [0.717, 1.165) is 24.3 Å². The second-order valence-electron chi connectivity index (χ2n) is 4.29. The molecule has 0 aliphatic heterocycles. The van der Waals surface area contributed by atoms with Crippen LogP contribution in [0.4, 0.5) is 33.3 Å². The first-order valence-electron chi connectivity index (χ1n) is 5.96. The number of anilines is 2. The maximum absolute atomic E-state index is 13.0. The van der Waals surface area contributed by atoms with Crippen LogP contribution in [0.5, 0.6) is 0 Å². The molecule has 0 unspecified atom stereocenters. The fraction of sp³-hybridized carbons (Fsp3) is 0.0714. The van der Waals surface area contributed by atoms with Crippen LogP contribution >= 0.6 is 12.2 Å². The van der Waals surface area contributed by atoms with Crippen LogP contribution in [0.2, 0.25) is 0 Å². The van der Waals surface area contributed by atoms with E-state index in [1.807, 2.05) is 0 Å². The maximum atomic E-state index is 13.0. The molecule has 0 radical (unpaired) electrons. The van der Waals surface area contributed by atoms with Gasteiger partial charge in [0, 0.05) is 17.4 Å². The first-order chi connectivity index (χ1) is 10.3. The first kappa shape index (κ1) is 16.2. The number of nitrogens with one attached hydrogen (secondary N) is 2. The highest BCUT2D eigenvalue weighted by Gasteiger charge is 2.30. The zero-order valence-electron chi connectivity index (χ0n) is 10.8. The van der Waals surface area contributed by atoms with E-state index < -0.39 is 23.4 Å². The third-order valence-corrected chi connectivity index (χ3v) is 2.83. The number of benzene rings is 2. The molecule has 0 aliphatic rings. The number of thiocarbonyl (C=S) groups is 1. The van der Waals surface area contributed by atoms with Crippen molar-refractivity contribution in [2.45, 2.75) is 6.18 Å². The lowest BCUT2D eigenvalue weighted by Crippen LogP contribution is -2.19. The van der Waals surface area contributed by atoms with Crippen molar-refractivity contribution in [1.82, 2.24) is 0 Å². The number of rotatable bonds is 2. The molecular weight excluding hydrogens is 323 g/mol. The van der Waals surface area contributed by atoms with Gasteiger partial charge in [0.15, 0.2) is 16.7 Å². The van der Waals surface area contributed by atoms with E-state index >= 15 is 0 Å². The summed E-state index contributed by atoms with van der Waals surface area (Å²) in [6.07, 6.45) is -4.47. The average Bonchev–Trinajstić information content (AvgIpc) is 2.42. The lowest BCUT2D eigenvalue weighted by atomic mass is 10.2. The van der Waals surface area contributed by atoms with Crippen LogP contribution in [-0.2, 0) is 6.18 Å². The standard InChI is InChI=1S/C14H9F5N2S/c15-11-5-4-10(7-12(11)16)21-13(22)20-9-3-1-2-8(6-9)14(17,18)19/h1-7H,(H2,20,21,22). The quantitative estimate of drug-likeness (QED) is 0.611. The first-order valence-corrected chi connectivity index (χ1v) is 6.37. The van der Waals surface area contributed by atoms with Crippen molar-refractivity contribution in [3.05, 3.63) is 59.7 Å². The van der Waals surface area contributed by atoms with E-state index in [9.17, 15) is 22.0 Å². The van der Waals surface area contributed by atoms with Crippen molar-refractivity contribution in [2.24, 2.45) is 0 Å². The van der Waals surface area contributed by atoms with Gasteiger partial charge in [-0.3, -0.25) is 0 Å². The summed E-state index contributed by atoms with van der Waals surface area (Å²) >= 11 is 4.91. The fourth-order valence-electron chi connectivity index (χ4n) is 1.64. The Hall–Kier alpha value is -2.22. The second-order valence-corrected chi connectivity index (χ2v) is 4.69. The lowest BCUT2D eigenvalue weighted by molar-refractivity contribution is -0.137. The number of alkyl halides is 3. The SMILES string of the molecule is Fc1ccc(NC(=S)Nc2cccc(C(F)(F)F)c2)cc1F. The van der Waals surface area contributed by atoms with Crippen LogP contribution in [0, 0.1) is 11.6 Å². The molecule has 0 spiro atoms. The van der Waals surface area contributed by atoms with Crippen LogP contribution < -0.4 is 10.6 Å². The normalized spacial score (nSPS) is 11.1. The summed E-state index contributed by atoms with van der Waals surface area (Å²) in [4.78, 5) is 0. The Kier molecular flexibility index (Phi) is 4.60. The van der Waals surface area contributed by atoms with Crippen molar-refractivity contribution >= 4 is 28.7 Å². The van der Waals surface area contributed by atoms with E-state index in [-0.39, 0.29) is 16.5 Å². The smallest absolute Gasteiger partial charge is 0.332 e. The highest BCUT2D eigenvalue weighted by Crippen LogP contribution is 2.30. The van der Waals surface area contributed by atoms with E-state index in [0.29, 0.717) is 0 Å². The van der Waals surface area contributed by atoms with Gasteiger partial charge in [-0.05, 0) is 42.5 Å². The van der Waals surface area contributed by atoms with Crippen molar-refractivity contribution in [3.63, 3.8) is 0 Å². The Labute approximate surface area is 128 Å². The minimum absolute atomic E-state index is 0.0506. The molecule has 22 heavy (non-hydrogen) atoms. The molecule has 2 aromatic carbocycles. The topological polar surface area (TPSA) is 24.1 Å². The molecule has 0 aliphatic carbocycles. The number of halogens is 5. The summed E-state index contributed by atoms with van der Waals surface area (Å²) in [7, 11) is 0. The molecule has 0 heterocycles. The van der Waals surface area contributed by atoms with Crippen LogP contribution in [0.3, 0.4) is 0 Å². The number of hydrogen-bond acceptors (Lipinski definition) is 1. The molecule has 0 bridgehead atoms. The molecule has 2 aromatic rings. The van der Waals surface area contributed by atoms with E-state index in [1.54, 1.807) is 0 Å². The van der Waals surface area contributed by atoms with Gasteiger partial charge in [-0.15, -0.1) is 0 Å². The van der Waals surface area contributed by atoms with Crippen LogP contribution in [0.25, 0.3) is 0 Å². The predicted molar refractivity (Wildman–Crippen MR) is 77.6 cm³/mol. The molecule has 0 saturated carbocycles. The predicted octanol–water partition coefficient (Wildman–Crippen LogP) is 4.79. The van der Waals surface area contributed by atoms with Gasteiger partial charge in [-0.2, -0.15) is 13.2 Å². The zero-order chi connectivity index (χ0) is 16.3. The van der Waals surface area contributed by atoms with Crippen LogP contribution in [0.1, 0.15) is 5.56 Å². The number of hydrogen-bond donors (Lipinski definition) is 2. The monoisotopic (exact) mass is 332 g/mol. The van der Waals surface area contributed by atoms with Gasteiger partial charge in [0.25, 0.3) is 0 Å². The highest BCUT2D eigenvalue weighted by molar-refractivity contribution is 7.80. The molecule has 0 aromatic heterocycles. The summed E-state index contributed by atoms with van der Waals surface area (Å²) < 4.78 is 63.6. The summed E-state index contributed by atoms with van der Waals surface area (Å²) in [5, 5.41) is 5.04. The zero-order valence-corrected chi connectivity index (χ0v) is 11.7. The average molecular weight is 332 g/mol. The van der Waals surface area contributed by atoms with E-state index in [4.69, 9.17) is 12.2 Å². The maximum Gasteiger partial charge on any atom is 0.416 e. The van der Waals surface area contributed by atoms with Gasteiger partial charge in [0.1, 0.15) is 0 Å². The van der Waals surface area contributed by atoms with Crippen molar-refractivity contribution in [3.8, 4) is 0 Å². The third-order valence-electron chi connectivity index (χ3n) is 2.63. The summed E-state index contributed by atoms with van der Waals surface area (Å²) in [5.74, 6) is -2.07. The van der Waals surface area contributed by atoms with Crippen molar-refractivity contribution in [1.29, 1.82) is 0 Å². The third kappa shape index (κ3) is 4.14. The molecule has 2 nitrogen and oxygen atoms in total. The Bertz CT molecular complexity index is 700. The molecule has 2 rings (SSSR count). The van der Waals surface area contributed by atoms with Gasteiger partial charge in [-0.25, -0.2) is 8.78 Å². The Balaban J connectivity index is 2.07. The van der Waals surface area contributed by atoms with Gasteiger partial charge in [0.05, 0.1) is 5.56 Å². The van der Waals surface area contributed by atoms with Gasteiger partial charge >= 0.3 is 6.18 Å².